The highest BCUT2D eigenvalue weighted by Crippen LogP contribution is 2.27. The highest BCUT2D eigenvalue weighted by atomic mass is 35.6. The topological polar surface area (TPSA) is 63.6 Å². The Hall–Kier alpha value is -1.07. The molecule has 1 atom stereocenters. The summed E-state index contributed by atoms with van der Waals surface area (Å²) in [6.07, 6.45) is 14.9. The lowest BCUT2D eigenvalue weighted by atomic mass is 9.84. The lowest BCUT2D eigenvalue weighted by molar-refractivity contribution is -0.143. The van der Waals surface area contributed by atoms with Crippen molar-refractivity contribution in [2.75, 3.05) is 6.61 Å². The van der Waals surface area contributed by atoms with E-state index in [-0.39, 0.29) is 18.4 Å². The molecule has 34 heavy (non-hydrogen) atoms. The van der Waals surface area contributed by atoms with Crippen LogP contribution in [-0.2, 0) is 9.53 Å². The fourth-order valence-electron chi connectivity index (χ4n) is 3.70. The number of carbonyl (C=O) groups is 2. The van der Waals surface area contributed by atoms with Crippen LogP contribution in [0.1, 0.15) is 101 Å². The van der Waals surface area contributed by atoms with Gasteiger partial charge in [-0.05, 0) is 25.7 Å². The molecule has 0 bridgehead atoms. The van der Waals surface area contributed by atoms with Crippen LogP contribution in [0.15, 0.2) is 42.5 Å². The van der Waals surface area contributed by atoms with E-state index in [1.807, 2.05) is 24.3 Å². The van der Waals surface area contributed by atoms with Gasteiger partial charge in [0.25, 0.3) is 0 Å². The zero-order valence-corrected chi connectivity index (χ0v) is 22.5. The number of ether oxygens (including phenoxy) is 1. The van der Waals surface area contributed by atoms with Crippen molar-refractivity contribution in [1.29, 1.82) is 0 Å². The van der Waals surface area contributed by atoms with E-state index >= 15 is 0 Å². The molecular weight excluding hydrogens is 495 g/mol. The summed E-state index contributed by atoms with van der Waals surface area (Å²) in [5.74, 6) is -0.539. The van der Waals surface area contributed by atoms with E-state index in [1.54, 1.807) is 12.1 Å². The first kappa shape index (κ1) is 31.0. The quantitative estimate of drug-likeness (QED) is 0.0679. The number of unbranched alkanes of at least 4 members (excludes halogenated alkanes) is 8. The van der Waals surface area contributed by atoms with Gasteiger partial charge in [-0.2, -0.15) is 0 Å². The first-order valence-electron chi connectivity index (χ1n) is 12.4. The van der Waals surface area contributed by atoms with Crippen LogP contribution in [0.2, 0.25) is 0 Å². The summed E-state index contributed by atoms with van der Waals surface area (Å²) in [4.78, 5) is 24.6. The summed E-state index contributed by atoms with van der Waals surface area (Å²) in [6, 6.07) is 9.06. The van der Waals surface area contributed by atoms with E-state index < -0.39 is 9.39 Å². The number of ketones is 1. The maximum Gasteiger partial charge on any atom is 0.305 e. The standard InChI is InChI=1S/C27H39Cl3O4/c1-2-3-4-15-20-26(33,25(32)23-17-12-11-13-18-23)21-16-10-8-6-5-7-9-14-19-24(31)34-22-27(28,29)30/h10-13,16-18,33H,2-9,14-15,19-22H2,1H3/t26-/m1/s1. The molecule has 4 nitrogen and oxygen atoms in total. The van der Waals surface area contributed by atoms with Gasteiger partial charge in [-0.1, -0.05) is 129 Å². The van der Waals surface area contributed by atoms with Crippen LogP contribution in [0.3, 0.4) is 0 Å². The molecule has 192 valence electrons. The van der Waals surface area contributed by atoms with Crippen molar-refractivity contribution in [3.05, 3.63) is 48.0 Å². The van der Waals surface area contributed by atoms with Gasteiger partial charge in [-0.3, -0.25) is 9.59 Å². The third kappa shape index (κ3) is 14.4. The van der Waals surface area contributed by atoms with Crippen molar-refractivity contribution < 1.29 is 19.4 Å². The van der Waals surface area contributed by atoms with Crippen molar-refractivity contribution in [2.24, 2.45) is 0 Å². The van der Waals surface area contributed by atoms with Crippen LogP contribution in [0, 0.1) is 0 Å². The summed E-state index contributed by atoms with van der Waals surface area (Å²) < 4.78 is 3.33. The number of allylic oxidation sites excluding steroid dienone is 1. The Balaban J connectivity index is 2.31. The summed E-state index contributed by atoms with van der Waals surface area (Å²) in [5, 5.41) is 11.2. The van der Waals surface area contributed by atoms with Gasteiger partial charge in [-0.15, -0.1) is 0 Å². The molecule has 0 aromatic heterocycles. The lowest BCUT2D eigenvalue weighted by Crippen LogP contribution is -2.38. The Kier molecular flexibility index (Phi) is 15.8. The Morgan fingerprint density at radius 2 is 1.56 bits per heavy atom. The molecule has 0 aliphatic rings. The zero-order valence-electron chi connectivity index (χ0n) is 20.2. The highest BCUT2D eigenvalue weighted by molar-refractivity contribution is 6.67. The third-order valence-electron chi connectivity index (χ3n) is 5.67. The van der Waals surface area contributed by atoms with E-state index in [4.69, 9.17) is 39.5 Å². The molecule has 0 saturated carbocycles. The average molecular weight is 534 g/mol. The SMILES string of the molecule is CCCCCC[C@@](O)(CC=CCCCCCCCC(=O)OCC(Cl)(Cl)Cl)C(=O)c1ccccc1. The molecule has 0 aliphatic heterocycles. The van der Waals surface area contributed by atoms with E-state index in [0.717, 1.165) is 64.2 Å². The zero-order chi connectivity index (χ0) is 25.3. The second kappa shape index (κ2) is 17.4. The van der Waals surface area contributed by atoms with Crippen molar-refractivity contribution in [2.45, 2.75) is 99.8 Å². The van der Waals surface area contributed by atoms with Crippen LogP contribution in [0.4, 0.5) is 0 Å². The normalized spacial score (nSPS) is 13.7. The molecule has 1 N–H and O–H groups in total. The smallest absolute Gasteiger partial charge is 0.305 e. The molecule has 0 fully saturated rings. The summed E-state index contributed by atoms with van der Waals surface area (Å²) in [6.45, 7) is 1.92. The molecule has 0 aliphatic carbocycles. The molecule has 0 amide bonds. The Morgan fingerprint density at radius 1 is 0.912 bits per heavy atom. The molecule has 1 rings (SSSR count). The fraction of sp³-hybridized carbons (Fsp3) is 0.630. The van der Waals surface area contributed by atoms with Crippen molar-refractivity contribution in [1.82, 2.24) is 0 Å². The molecule has 0 radical (unpaired) electrons. The highest BCUT2D eigenvalue weighted by Gasteiger charge is 2.34. The molecule has 0 heterocycles. The average Bonchev–Trinajstić information content (AvgIpc) is 2.81. The van der Waals surface area contributed by atoms with Crippen molar-refractivity contribution in [3.8, 4) is 0 Å². The Morgan fingerprint density at radius 3 is 2.24 bits per heavy atom. The molecule has 0 unspecified atom stereocenters. The molecule has 7 heteroatoms. The van der Waals surface area contributed by atoms with E-state index in [1.165, 1.54) is 0 Å². The number of hydrogen-bond donors (Lipinski definition) is 1. The van der Waals surface area contributed by atoms with Crippen LogP contribution in [0.25, 0.3) is 0 Å². The first-order valence-corrected chi connectivity index (χ1v) is 13.5. The molecular formula is C27H39Cl3O4. The number of hydrogen-bond acceptors (Lipinski definition) is 4. The predicted octanol–water partition coefficient (Wildman–Crippen LogP) is 8.16. The van der Waals surface area contributed by atoms with Crippen molar-refractivity contribution in [3.63, 3.8) is 0 Å². The van der Waals surface area contributed by atoms with Crippen LogP contribution in [0.5, 0.6) is 0 Å². The molecule has 0 saturated heterocycles. The van der Waals surface area contributed by atoms with Gasteiger partial charge in [0.2, 0.25) is 3.79 Å². The minimum Gasteiger partial charge on any atom is -0.461 e. The van der Waals surface area contributed by atoms with Gasteiger partial charge >= 0.3 is 5.97 Å². The summed E-state index contributed by atoms with van der Waals surface area (Å²) in [7, 11) is 0. The summed E-state index contributed by atoms with van der Waals surface area (Å²) in [5.41, 5.74) is -0.791. The fourth-order valence-corrected chi connectivity index (χ4v) is 3.87. The minimum absolute atomic E-state index is 0.193. The van der Waals surface area contributed by atoms with Gasteiger partial charge in [0.15, 0.2) is 5.78 Å². The number of rotatable bonds is 18. The van der Waals surface area contributed by atoms with Gasteiger partial charge < -0.3 is 9.84 Å². The van der Waals surface area contributed by atoms with Crippen LogP contribution < -0.4 is 0 Å². The number of carbonyl (C=O) groups excluding carboxylic acids is 2. The summed E-state index contributed by atoms with van der Waals surface area (Å²) >= 11 is 16.7. The maximum atomic E-state index is 13.0. The largest absolute Gasteiger partial charge is 0.461 e. The second-order valence-corrected chi connectivity index (χ2v) is 11.3. The third-order valence-corrected chi connectivity index (χ3v) is 6.00. The number of halogens is 3. The first-order chi connectivity index (χ1) is 16.2. The number of Topliss-reactive ketones (excluding diaryl/α,β-unsaturated/α-hetero) is 1. The number of benzene rings is 1. The Labute approximate surface area is 220 Å². The predicted molar refractivity (Wildman–Crippen MR) is 142 cm³/mol. The van der Waals surface area contributed by atoms with E-state index in [0.29, 0.717) is 24.8 Å². The van der Waals surface area contributed by atoms with Crippen LogP contribution >= 0.6 is 34.8 Å². The van der Waals surface area contributed by atoms with E-state index in [9.17, 15) is 14.7 Å². The van der Waals surface area contributed by atoms with Gasteiger partial charge in [0.05, 0.1) is 0 Å². The van der Waals surface area contributed by atoms with Crippen LogP contribution in [-0.4, -0.2) is 32.9 Å². The molecule has 1 aromatic rings. The number of esters is 1. The maximum absolute atomic E-state index is 13.0. The molecule has 1 aromatic carbocycles. The molecule has 0 spiro atoms. The van der Waals surface area contributed by atoms with Gasteiger partial charge in [-0.25, -0.2) is 0 Å². The van der Waals surface area contributed by atoms with Gasteiger partial charge in [0, 0.05) is 18.4 Å². The van der Waals surface area contributed by atoms with Gasteiger partial charge in [0.1, 0.15) is 12.2 Å². The lowest BCUT2D eigenvalue weighted by Gasteiger charge is -2.25. The second-order valence-electron chi connectivity index (χ2n) is 8.80. The Bertz CT molecular complexity index is 731. The van der Waals surface area contributed by atoms with Crippen molar-refractivity contribution >= 4 is 46.6 Å². The van der Waals surface area contributed by atoms with E-state index in [2.05, 4.69) is 13.0 Å². The number of aliphatic hydroxyl groups is 1. The number of alkyl halides is 3. The minimum atomic E-state index is -1.57. The monoisotopic (exact) mass is 532 g/mol.